The van der Waals surface area contributed by atoms with E-state index in [2.05, 4.69) is 32.4 Å². The van der Waals surface area contributed by atoms with Crippen molar-refractivity contribution in [3.63, 3.8) is 0 Å². The highest BCUT2D eigenvalue weighted by Gasteiger charge is 2.61. The summed E-state index contributed by atoms with van der Waals surface area (Å²) in [6, 6.07) is 5.50. The van der Waals surface area contributed by atoms with Crippen LogP contribution in [-0.2, 0) is 23.9 Å². The molecule has 17 nitrogen and oxygen atoms in total. The van der Waals surface area contributed by atoms with Gasteiger partial charge in [-0.15, -0.1) is 6.58 Å². The largest absolute Gasteiger partial charge is 0.492 e. The number of carboxylic acids is 1. The predicted octanol–water partition coefficient (Wildman–Crippen LogP) is 4.85. The van der Waals surface area contributed by atoms with E-state index in [-0.39, 0.29) is 31.5 Å². The summed E-state index contributed by atoms with van der Waals surface area (Å²) in [5.74, 6) is -0.563. The first kappa shape index (κ1) is 43.2. The zero-order chi connectivity index (χ0) is 43.9. The van der Waals surface area contributed by atoms with Gasteiger partial charge in [-0.3, -0.25) is 14.5 Å². The van der Waals surface area contributed by atoms with E-state index in [1.165, 1.54) is 23.7 Å². The number of nitrogens with zero attached hydrogens (tertiary/aromatic N) is 4. The standard InChI is InChI=1S/C45H59N7O10/c1-7-28-22-45(28,41(55)56)50-39(53)36-20-31(23-52(36)40(54)38(44(4,5)6)49-43(57)62-30-17-26-16-27(26)18-30)61-37-21-34(35-24-60-42(48-35)46-25(2)3)47-33-19-29(8-9-32(33)37)59-15-12-51-10-13-58-14-11-51/h7-9,19,21,24-28,30-31,36,38H,1,10-18,20,22-23H2,2-6H3,(H,46,48)(H,49,57)(H,50,53)(H,55,56)/t26-,27?,28+,30?,31+,36-,38+,45+/m0/s1. The molecule has 0 radical (unpaired) electrons. The van der Waals surface area contributed by atoms with Crippen molar-refractivity contribution in [3.05, 3.63) is 43.2 Å². The molecule has 3 aromatic rings. The number of ether oxygens (including phenoxy) is 4. The maximum absolute atomic E-state index is 14.8. The minimum absolute atomic E-state index is 0.0342. The quantitative estimate of drug-likeness (QED) is 0.142. The Hall–Kier alpha value is -5.42. The summed E-state index contributed by atoms with van der Waals surface area (Å²) in [6.07, 6.45) is 4.42. The third-order valence-corrected chi connectivity index (χ3v) is 12.7. The molecule has 4 heterocycles. The van der Waals surface area contributed by atoms with E-state index in [1.807, 2.05) is 52.8 Å². The molecule has 8 atom stereocenters. The molecule has 17 heteroatoms. The summed E-state index contributed by atoms with van der Waals surface area (Å²) in [5.41, 5.74) is -0.842. The molecule has 5 aliphatic rings. The van der Waals surface area contributed by atoms with E-state index in [0.29, 0.717) is 71.5 Å². The Kier molecular flexibility index (Phi) is 12.1. The molecule has 3 amide bonds. The average Bonchev–Trinajstić information content (AvgIpc) is 3.89. The number of amides is 3. The Balaban J connectivity index is 1.07. The van der Waals surface area contributed by atoms with Gasteiger partial charge in [-0.2, -0.15) is 4.98 Å². The lowest BCUT2D eigenvalue weighted by atomic mass is 9.85. The van der Waals surface area contributed by atoms with Crippen molar-refractivity contribution >= 4 is 40.8 Å². The number of rotatable bonds is 16. The number of hydrogen-bond acceptors (Lipinski definition) is 13. The summed E-state index contributed by atoms with van der Waals surface area (Å²) in [7, 11) is 0. The van der Waals surface area contributed by atoms with Gasteiger partial charge in [0.15, 0.2) is 0 Å². The Morgan fingerprint density at radius 2 is 1.79 bits per heavy atom. The molecule has 2 aromatic heterocycles. The van der Waals surface area contributed by atoms with Gasteiger partial charge in [0.2, 0.25) is 11.8 Å². The molecule has 2 aliphatic heterocycles. The van der Waals surface area contributed by atoms with Crippen LogP contribution < -0.4 is 25.4 Å². The van der Waals surface area contributed by atoms with E-state index >= 15 is 0 Å². The number of oxazole rings is 1. The van der Waals surface area contributed by atoms with Crippen molar-refractivity contribution in [2.75, 3.05) is 51.3 Å². The Bertz CT molecular complexity index is 2170. The van der Waals surface area contributed by atoms with Crippen molar-refractivity contribution in [1.29, 1.82) is 0 Å². The molecule has 3 aliphatic carbocycles. The normalized spacial score (nSPS) is 27.3. The highest BCUT2D eigenvalue weighted by molar-refractivity contribution is 5.96. The van der Waals surface area contributed by atoms with Gasteiger partial charge in [0, 0.05) is 55.5 Å². The fraction of sp³-hybridized carbons (Fsp3) is 0.600. The van der Waals surface area contributed by atoms with Gasteiger partial charge in [-0.25, -0.2) is 14.6 Å². The van der Waals surface area contributed by atoms with Gasteiger partial charge in [-0.05, 0) is 68.9 Å². The van der Waals surface area contributed by atoms with Gasteiger partial charge in [-0.1, -0.05) is 26.8 Å². The third-order valence-electron chi connectivity index (χ3n) is 12.7. The summed E-state index contributed by atoms with van der Waals surface area (Å²) >= 11 is 0. The number of hydrogen-bond donors (Lipinski definition) is 4. The van der Waals surface area contributed by atoms with E-state index in [1.54, 1.807) is 6.07 Å². The van der Waals surface area contributed by atoms with Crippen LogP contribution in [0.25, 0.3) is 22.3 Å². The summed E-state index contributed by atoms with van der Waals surface area (Å²) in [4.78, 5) is 68.0. The number of pyridine rings is 1. The topological polar surface area (TPSA) is 207 Å². The van der Waals surface area contributed by atoms with Gasteiger partial charge in [0.25, 0.3) is 6.01 Å². The Labute approximate surface area is 361 Å². The van der Waals surface area contributed by atoms with Crippen LogP contribution in [0.5, 0.6) is 11.5 Å². The first-order valence-electron chi connectivity index (χ1n) is 21.8. The van der Waals surface area contributed by atoms with Gasteiger partial charge in [0.1, 0.15) is 59.9 Å². The zero-order valence-electron chi connectivity index (χ0n) is 36.2. The lowest BCUT2D eigenvalue weighted by molar-refractivity contribution is -0.146. The molecule has 1 aromatic carbocycles. The average molecular weight is 858 g/mol. The smallest absolute Gasteiger partial charge is 0.408 e. The highest BCUT2D eigenvalue weighted by Crippen LogP contribution is 2.52. The summed E-state index contributed by atoms with van der Waals surface area (Å²) in [5, 5.41) is 19.6. The first-order valence-corrected chi connectivity index (χ1v) is 21.8. The van der Waals surface area contributed by atoms with Crippen molar-refractivity contribution < 1.29 is 47.6 Å². The number of carboxylic acid groups (broad SMARTS) is 1. The van der Waals surface area contributed by atoms with Gasteiger partial charge < -0.3 is 49.3 Å². The minimum Gasteiger partial charge on any atom is -0.492 e. The van der Waals surface area contributed by atoms with E-state index in [4.69, 9.17) is 28.3 Å². The van der Waals surface area contributed by atoms with Crippen molar-refractivity contribution in [1.82, 2.24) is 30.4 Å². The third kappa shape index (κ3) is 9.48. The molecule has 62 heavy (non-hydrogen) atoms. The van der Waals surface area contributed by atoms with Crippen LogP contribution in [-0.4, -0.2) is 131 Å². The maximum atomic E-state index is 14.8. The van der Waals surface area contributed by atoms with Crippen molar-refractivity contribution in [2.45, 2.75) is 103 Å². The molecule has 4 N–H and O–H groups in total. The van der Waals surface area contributed by atoms with Crippen molar-refractivity contribution in [2.24, 2.45) is 23.2 Å². The number of alkyl carbamates (subject to hydrolysis) is 1. The first-order chi connectivity index (χ1) is 29.6. The van der Waals surface area contributed by atoms with Crippen LogP contribution in [0.4, 0.5) is 10.8 Å². The molecule has 2 unspecified atom stereocenters. The number of nitrogens with one attached hydrogen (secondary N) is 3. The predicted molar refractivity (Wildman–Crippen MR) is 228 cm³/mol. The molecule has 334 valence electrons. The van der Waals surface area contributed by atoms with Crippen LogP contribution in [0.15, 0.2) is 47.6 Å². The second-order valence-electron chi connectivity index (χ2n) is 18.8. The number of aliphatic carboxylic acids is 1. The number of benzene rings is 1. The van der Waals surface area contributed by atoms with Crippen LogP contribution in [0, 0.1) is 23.2 Å². The second kappa shape index (κ2) is 17.4. The minimum atomic E-state index is -1.53. The van der Waals surface area contributed by atoms with Crippen molar-refractivity contribution in [3.8, 4) is 22.9 Å². The number of anilines is 1. The van der Waals surface area contributed by atoms with Crippen LogP contribution in [0.3, 0.4) is 0 Å². The molecular formula is C45H59N7O10. The fourth-order valence-electron chi connectivity index (χ4n) is 9.06. The van der Waals surface area contributed by atoms with E-state index < -0.39 is 58.9 Å². The number of fused-ring (bicyclic) bond motifs is 2. The van der Waals surface area contributed by atoms with E-state index in [0.717, 1.165) is 32.5 Å². The Morgan fingerprint density at radius 3 is 2.47 bits per heavy atom. The molecule has 2 saturated heterocycles. The Morgan fingerprint density at radius 1 is 1.03 bits per heavy atom. The zero-order valence-corrected chi connectivity index (χ0v) is 36.2. The molecular weight excluding hydrogens is 799 g/mol. The van der Waals surface area contributed by atoms with E-state index in [9.17, 15) is 24.3 Å². The molecule has 3 saturated carbocycles. The fourth-order valence-corrected chi connectivity index (χ4v) is 9.06. The molecule has 8 rings (SSSR count). The van der Waals surface area contributed by atoms with Crippen LogP contribution in [0.1, 0.15) is 66.7 Å². The number of carbonyl (C=O) groups is 4. The van der Waals surface area contributed by atoms with Gasteiger partial charge in [0.05, 0.1) is 31.0 Å². The monoisotopic (exact) mass is 857 g/mol. The number of aromatic nitrogens is 2. The number of likely N-dealkylation sites (tertiary alicyclic amines) is 1. The van der Waals surface area contributed by atoms with Crippen LogP contribution in [0.2, 0.25) is 0 Å². The molecule has 0 bridgehead atoms. The lowest BCUT2D eigenvalue weighted by Crippen LogP contribution is -2.59. The highest BCUT2D eigenvalue weighted by atomic mass is 16.6. The maximum Gasteiger partial charge on any atom is 0.408 e. The molecule has 5 fully saturated rings. The summed E-state index contributed by atoms with van der Waals surface area (Å²) < 4.78 is 29.9. The van der Waals surface area contributed by atoms with Crippen LogP contribution >= 0.6 is 0 Å². The van der Waals surface area contributed by atoms with Gasteiger partial charge >= 0.3 is 12.1 Å². The summed E-state index contributed by atoms with van der Waals surface area (Å²) in [6.45, 7) is 17.5. The lowest BCUT2D eigenvalue weighted by Gasteiger charge is -2.35. The number of morpholine rings is 1. The number of carbonyl (C=O) groups excluding carboxylic acids is 3. The SMILES string of the molecule is C=C[C@@H]1C[C@]1(NC(=O)[C@@H]1C[C@@H](Oc2cc(-c3coc(NC(C)C)n3)nc3cc(OCCN4CCOCC4)ccc23)CN1C(=O)[C@@H](NC(=O)OC1CC2C[C@H]2C1)C(C)(C)C)C(=O)O. The molecule has 0 spiro atoms. The second-order valence-corrected chi connectivity index (χ2v) is 18.8.